The van der Waals surface area contributed by atoms with Crippen molar-refractivity contribution in [1.82, 2.24) is 9.78 Å². The first-order chi connectivity index (χ1) is 8.86. The molecule has 0 aliphatic heterocycles. The first kappa shape index (κ1) is 10.7. The molecule has 3 aromatic rings. The number of nitrogens with zero attached hydrogens (tertiary/aromatic N) is 2. The quantitative estimate of drug-likeness (QED) is 0.655. The Kier molecular flexibility index (Phi) is 2.65. The molecule has 0 spiro atoms. The summed E-state index contributed by atoms with van der Waals surface area (Å²) in [6.07, 6.45) is 2.59. The summed E-state index contributed by atoms with van der Waals surface area (Å²) < 4.78 is 1.78. The van der Waals surface area contributed by atoms with Gasteiger partial charge in [0, 0.05) is 6.20 Å². The monoisotopic (exact) mass is 236 g/mol. The Labute approximate surface area is 105 Å². The summed E-state index contributed by atoms with van der Waals surface area (Å²) in [6.45, 7) is 0.676. The molecule has 0 bridgehead atoms. The summed E-state index contributed by atoms with van der Waals surface area (Å²) in [4.78, 5) is 10.6. The second kappa shape index (κ2) is 4.45. The van der Waals surface area contributed by atoms with Crippen LogP contribution in [0.1, 0.15) is 16.1 Å². The predicted molar refractivity (Wildman–Crippen MR) is 70.7 cm³/mol. The third kappa shape index (κ3) is 1.91. The molecule has 0 atom stereocenters. The van der Waals surface area contributed by atoms with Crippen molar-refractivity contribution in [2.75, 3.05) is 0 Å². The molecule has 3 nitrogen and oxygen atoms in total. The highest BCUT2D eigenvalue weighted by Gasteiger charge is 2.02. The molecular weight excluding hydrogens is 224 g/mol. The van der Waals surface area contributed by atoms with E-state index in [4.69, 9.17) is 0 Å². The van der Waals surface area contributed by atoms with Crippen LogP contribution in [-0.4, -0.2) is 16.1 Å². The fourth-order valence-corrected chi connectivity index (χ4v) is 2.13. The van der Waals surface area contributed by atoms with Gasteiger partial charge >= 0.3 is 0 Å². The highest BCUT2D eigenvalue weighted by atomic mass is 16.1. The molecule has 0 amide bonds. The van der Waals surface area contributed by atoms with E-state index >= 15 is 0 Å². The lowest BCUT2D eigenvalue weighted by Crippen LogP contribution is -2.01. The van der Waals surface area contributed by atoms with Crippen LogP contribution in [0.4, 0.5) is 0 Å². The first-order valence-corrected chi connectivity index (χ1v) is 5.82. The summed E-state index contributed by atoms with van der Waals surface area (Å²) in [7, 11) is 0. The molecule has 0 radical (unpaired) electrons. The number of fused-ring (bicyclic) bond motifs is 1. The number of aldehydes is 1. The van der Waals surface area contributed by atoms with E-state index in [-0.39, 0.29) is 0 Å². The lowest BCUT2D eigenvalue weighted by Gasteiger charge is -2.06. The topological polar surface area (TPSA) is 34.9 Å². The highest BCUT2D eigenvalue weighted by molar-refractivity contribution is 5.85. The van der Waals surface area contributed by atoms with Crippen LogP contribution in [0.15, 0.2) is 54.7 Å². The first-order valence-electron chi connectivity index (χ1n) is 5.82. The van der Waals surface area contributed by atoms with Gasteiger partial charge in [-0.15, -0.1) is 0 Å². The largest absolute Gasteiger partial charge is 0.296 e. The van der Waals surface area contributed by atoms with E-state index in [1.807, 2.05) is 24.4 Å². The minimum absolute atomic E-state index is 0.468. The number of carbonyl (C=O) groups is 1. The Morgan fingerprint density at radius 2 is 1.89 bits per heavy atom. The number of hydrogen-bond acceptors (Lipinski definition) is 2. The van der Waals surface area contributed by atoms with E-state index in [0.29, 0.717) is 12.2 Å². The third-order valence-electron chi connectivity index (χ3n) is 2.99. The van der Waals surface area contributed by atoms with E-state index in [1.165, 1.54) is 16.3 Å². The lowest BCUT2D eigenvalue weighted by atomic mass is 10.0. The standard InChI is InChI=1S/C15H12N2O/c18-11-14-8-9-17(16-14)10-13-6-3-5-12-4-1-2-7-15(12)13/h1-9,11H,10H2. The molecule has 0 saturated heterocycles. The summed E-state index contributed by atoms with van der Waals surface area (Å²) in [5.74, 6) is 0. The molecule has 2 aromatic carbocycles. The molecule has 0 N–H and O–H groups in total. The van der Waals surface area contributed by atoms with Crippen molar-refractivity contribution in [2.24, 2.45) is 0 Å². The minimum Gasteiger partial charge on any atom is -0.296 e. The molecule has 0 fully saturated rings. The van der Waals surface area contributed by atoms with Gasteiger partial charge in [0.2, 0.25) is 0 Å². The van der Waals surface area contributed by atoms with Crippen molar-refractivity contribution < 1.29 is 4.79 Å². The zero-order chi connectivity index (χ0) is 12.4. The van der Waals surface area contributed by atoms with Gasteiger partial charge in [-0.05, 0) is 22.4 Å². The summed E-state index contributed by atoms with van der Waals surface area (Å²) in [6, 6.07) is 16.2. The summed E-state index contributed by atoms with van der Waals surface area (Å²) in [5.41, 5.74) is 1.67. The molecule has 0 aliphatic rings. The van der Waals surface area contributed by atoms with Crippen LogP contribution in [0.5, 0.6) is 0 Å². The van der Waals surface area contributed by atoms with Crippen molar-refractivity contribution in [3.63, 3.8) is 0 Å². The van der Waals surface area contributed by atoms with Crippen LogP contribution in [-0.2, 0) is 6.54 Å². The van der Waals surface area contributed by atoms with Gasteiger partial charge in [-0.2, -0.15) is 5.10 Å². The fraction of sp³-hybridized carbons (Fsp3) is 0.0667. The van der Waals surface area contributed by atoms with Gasteiger partial charge in [0.25, 0.3) is 0 Å². The molecular formula is C15H12N2O. The Bertz CT molecular complexity index is 695. The van der Waals surface area contributed by atoms with Crippen LogP contribution < -0.4 is 0 Å². The second-order valence-electron chi connectivity index (χ2n) is 4.19. The molecule has 1 aromatic heterocycles. The van der Waals surface area contributed by atoms with Gasteiger partial charge in [0.05, 0.1) is 6.54 Å². The third-order valence-corrected chi connectivity index (χ3v) is 2.99. The van der Waals surface area contributed by atoms with Crippen LogP contribution in [0, 0.1) is 0 Å². The average molecular weight is 236 g/mol. The zero-order valence-corrected chi connectivity index (χ0v) is 9.78. The van der Waals surface area contributed by atoms with Crippen molar-refractivity contribution in [2.45, 2.75) is 6.54 Å². The predicted octanol–water partition coefficient (Wildman–Crippen LogP) is 2.90. The number of benzene rings is 2. The fourth-order valence-electron chi connectivity index (χ4n) is 2.13. The van der Waals surface area contributed by atoms with E-state index in [2.05, 4.69) is 29.4 Å². The Morgan fingerprint density at radius 3 is 2.72 bits per heavy atom. The average Bonchev–Trinajstić information content (AvgIpc) is 2.87. The normalized spacial score (nSPS) is 10.7. The molecule has 3 rings (SSSR count). The minimum atomic E-state index is 0.468. The molecule has 88 valence electrons. The smallest absolute Gasteiger partial charge is 0.170 e. The lowest BCUT2D eigenvalue weighted by molar-refractivity contribution is 0.111. The van der Waals surface area contributed by atoms with Gasteiger partial charge in [0.1, 0.15) is 5.69 Å². The number of hydrogen-bond donors (Lipinski definition) is 0. The van der Waals surface area contributed by atoms with Crippen molar-refractivity contribution in [3.05, 3.63) is 66.0 Å². The highest BCUT2D eigenvalue weighted by Crippen LogP contribution is 2.19. The number of carbonyl (C=O) groups excluding carboxylic acids is 1. The maximum absolute atomic E-state index is 10.6. The second-order valence-corrected chi connectivity index (χ2v) is 4.19. The van der Waals surface area contributed by atoms with E-state index in [0.717, 1.165) is 6.29 Å². The number of aromatic nitrogens is 2. The van der Waals surface area contributed by atoms with Crippen molar-refractivity contribution in [3.8, 4) is 0 Å². The van der Waals surface area contributed by atoms with Crippen LogP contribution in [0.3, 0.4) is 0 Å². The van der Waals surface area contributed by atoms with Gasteiger partial charge < -0.3 is 0 Å². The van der Waals surface area contributed by atoms with Gasteiger partial charge in [0.15, 0.2) is 6.29 Å². The zero-order valence-electron chi connectivity index (χ0n) is 9.78. The molecule has 3 heteroatoms. The summed E-state index contributed by atoms with van der Waals surface area (Å²) >= 11 is 0. The molecule has 0 unspecified atom stereocenters. The van der Waals surface area contributed by atoms with Gasteiger partial charge in [-0.25, -0.2) is 0 Å². The Hall–Kier alpha value is -2.42. The van der Waals surface area contributed by atoms with E-state index in [1.54, 1.807) is 10.7 Å². The number of rotatable bonds is 3. The van der Waals surface area contributed by atoms with Gasteiger partial charge in [-0.1, -0.05) is 42.5 Å². The molecule has 0 saturated carbocycles. The van der Waals surface area contributed by atoms with Crippen LogP contribution in [0.25, 0.3) is 10.8 Å². The maximum atomic E-state index is 10.6. The van der Waals surface area contributed by atoms with Crippen LogP contribution in [0.2, 0.25) is 0 Å². The van der Waals surface area contributed by atoms with Crippen LogP contribution >= 0.6 is 0 Å². The molecule has 18 heavy (non-hydrogen) atoms. The Balaban J connectivity index is 2.01. The molecule has 1 heterocycles. The van der Waals surface area contributed by atoms with Crippen molar-refractivity contribution >= 4 is 17.1 Å². The SMILES string of the molecule is O=Cc1ccn(Cc2cccc3ccccc23)n1. The van der Waals surface area contributed by atoms with E-state index < -0.39 is 0 Å². The maximum Gasteiger partial charge on any atom is 0.170 e. The Morgan fingerprint density at radius 1 is 1.06 bits per heavy atom. The van der Waals surface area contributed by atoms with Crippen molar-refractivity contribution in [1.29, 1.82) is 0 Å². The molecule has 0 aliphatic carbocycles. The van der Waals surface area contributed by atoms with Gasteiger partial charge in [-0.3, -0.25) is 9.48 Å². The summed E-state index contributed by atoms with van der Waals surface area (Å²) in [5, 5.41) is 6.62. The van der Waals surface area contributed by atoms with E-state index in [9.17, 15) is 4.79 Å².